The summed E-state index contributed by atoms with van der Waals surface area (Å²) in [7, 11) is 0. The first-order chi connectivity index (χ1) is 14.4. The van der Waals surface area contributed by atoms with Gasteiger partial charge >= 0.3 is 57.4 Å². The molecule has 0 spiro atoms. The number of ether oxygens (including phenoxy) is 2. The fourth-order valence-corrected chi connectivity index (χ4v) is 3.73. The number of carbonyl (C=O) groups excluding carboxylic acids is 1. The van der Waals surface area contributed by atoms with E-state index in [1.54, 1.807) is 12.1 Å². The van der Waals surface area contributed by atoms with Gasteiger partial charge in [0, 0.05) is 23.4 Å². The van der Waals surface area contributed by atoms with E-state index >= 15 is 0 Å². The quantitative estimate of drug-likeness (QED) is 0.481. The molecular formula is C22H23KN2O5S. The Balaban J connectivity index is 0.00000341. The van der Waals surface area contributed by atoms with Crippen molar-refractivity contribution in [1.29, 1.82) is 0 Å². The van der Waals surface area contributed by atoms with Gasteiger partial charge in [-0.3, -0.25) is 4.79 Å². The van der Waals surface area contributed by atoms with Gasteiger partial charge in [0.05, 0.1) is 30.2 Å². The zero-order chi connectivity index (χ0) is 21.7. The predicted molar refractivity (Wildman–Crippen MR) is 124 cm³/mol. The van der Waals surface area contributed by atoms with Gasteiger partial charge in [-0.05, 0) is 44.2 Å². The summed E-state index contributed by atoms with van der Waals surface area (Å²) in [4.78, 5) is 27.6. The molecule has 9 heteroatoms. The Morgan fingerprint density at radius 2 is 1.71 bits per heavy atom. The SMILES string of the molecule is CCOc1ccc(-c2nc(-c3ccc(NC(C)=O)c(C(=O)O)c3)cs2)cc1OCC.[KH]. The van der Waals surface area contributed by atoms with Crippen molar-refractivity contribution >= 4 is 80.3 Å². The number of amides is 1. The number of carboxylic acid groups (broad SMARTS) is 1. The Labute approximate surface area is 227 Å². The Kier molecular flexibility index (Phi) is 9.67. The van der Waals surface area contributed by atoms with Gasteiger partial charge in [0.15, 0.2) is 11.5 Å². The van der Waals surface area contributed by atoms with Crippen LogP contribution in [-0.2, 0) is 4.79 Å². The van der Waals surface area contributed by atoms with Crippen LogP contribution in [0.25, 0.3) is 21.8 Å². The molecule has 0 unspecified atom stereocenters. The van der Waals surface area contributed by atoms with E-state index in [1.807, 2.05) is 37.4 Å². The molecule has 3 aromatic rings. The summed E-state index contributed by atoms with van der Waals surface area (Å²) in [6.07, 6.45) is 0. The fourth-order valence-electron chi connectivity index (χ4n) is 2.90. The van der Waals surface area contributed by atoms with Crippen LogP contribution in [0, 0.1) is 0 Å². The van der Waals surface area contributed by atoms with Crippen LogP contribution in [0.5, 0.6) is 11.5 Å². The fraction of sp³-hybridized carbons (Fsp3) is 0.227. The van der Waals surface area contributed by atoms with E-state index in [0.717, 1.165) is 10.6 Å². The molecule has 0 atom stereocenters. The molecule has 2 aromatic carbocycles. The summed E-state index contributed by atoms with van der Waals surface area (Å²) in [6, 6.07) is 10.5. The third kappa shape index (κ3) is 6.38. The van der Waals surface area contributed by atoms with Crippen molar-refractivity contribution in [3.63, 3.8) is 0 Å². The maximum absolute atomic E-state index is 11.6. The first-order valence-electron chi connectivity index (χ1n) is 9.43. The molecule has 0 fully saturated rings. The monoisotopic (exact) mass is 466 g/mol. The normalized spacial score (nSPS) is 10.2. The van der Waals surface area contributed by atoms with Crippen LogP contribution in [0.3, 0.4) is 0 Å². The van der Waals surface area contributed by atoms with E-state index in [2.05, 4.69) is 10.3 Å². The topological polar surface area (TPSA) is 97.8 Å². The van der Waals surface area contributed by atoms with Crippen molar-refractivity contribution in [3.8, 4) is 33.3 Å². The minimum absolute atomic E-state index is 0. The van der Waals surface area contributed by atoms with Crippen molar-refractivity contribution in [2.24, 2.45) is 0 Å². The number of aromatic carboxylic acids is 1. The number of nitrogens with one attached hydrogen (secondary N) is 1. The second kappa shape index (κ2) is 11.7. The van der Waals surface area contributed by atoms with Gasteiger partial charge in [-0.15, -0.1) is 11.3 Å². The maximum atomic E-state index is 11.6. The third-order valence-corrected chi connectivity index (χ3v) is 5.04. The van der Waals surface area contributed by atoms with E-state index in [1.165, 1.54) is 24.3 Å². The summed E-state index contributed by atoms with van der Waals surface area (Å²) >= 11 is 1.45. The standard InChI is InChI=1S/C22H22N2O5S.K.H/c1-4-28-19-9-7-15(11-20(19)29-5-2)21-24-18(12-30-21)14-6-8-17(23-13(3)25)16(10-14)22(26)27;;/h6-12H,4-5H2,1-3H3,(H,23,25)(H,26,27);;. The molecular weight excluding hydrogens is 443 g/mol. The van der Waals surface area contributed by atoms with Crippen LogP contribution >= 0.6 is 11.3 Å². The number of hydrogen-bond acceptors (Lipinski definition) is 6. The van der Waals surface area contributed by atoms with E-state index < -0.39 is 5.97 Å². The Hall–Kier alpha value is -1.75. The molecule has 7 nitrogen and oxygen atoms in total. The average Bonchev–Trinajstić information content (AvgIpc) is 3.19. The van der Waals surface area contributed by atoms with Gasteiger partial charge in [-0.1, -0.05) is 6.07 Å². The van der Waals surface area contributed by atoms with Gasteiger partial charge < -0.3 is 19.9 Å². The molecule has 0 radical (unpaired) electrons. The third-order valence-electron chi connectivity index (χ3n) is 4.15. The molecule has 3 rings (SSSR count). The van der Waals surface area contributed by atoms with Gasteiger partial charge in [0.2, 0.25) is 5.91 Å². The van der Waals surface area contributed by atoms with Gasteiger partial charge in [-0.25, -0.2) is 9.78 Å². The van der Waals surface area contributed by atoms with Crippen molar-refractivity contribution in [2.75, 3.05) is 18.5 Å². The molecule has 0 saturated heterocycles. The zero-order valence-corrected chi connectivity index (χ0v) is 17.7. The summed E-state index contributed by atoms with van der Waals surface area (Å²) in [6.45, 7) is 6.22. The Bertz CT molecular complexity index is 1080. The molecule has 1 aromatic heterocycles. The van der Waals surface area contributed by atoms with Crippen LogP contribution in [-0.4, -0.2) is 86.6 Å². The minimum atomic E-state index is -1.12. The first kappa shape index (κ1) is 25.5. The number of anilines is 1. The Morgan fingerprint density at radius 1 is 1.03 bits per heavy atom. The predicted octanol–water partition coefficient (Wildman–Crippen LogP) is 4.28. The molecule has 1 amide bonds. The van der Waals surface area contributed by atoms with E-state index in [0.29, 0.717) is 36.0 Å². The molecule has 0 aliphatic rings. The molecule has 1 heterocycles. The van der Waals surface area contributed by atoms with E-state index in [4.69, 9.17) is 9.47 Å². The summed E-state index contributed by atoms with van der Waals surface area (Å²) < 4.78 is 11.3. The second-order valence-electron chi connectivity index (χ2n) is 6.31. The second-order valence-corrected chi connectivity index (χ2v) is 7.17. The number of thiazole rings is 1. The molecule has 158 valence electrons. The van der Waals surface area contributed by atoms with Crippen LogP contribution in [0.2, 0.25) is 0 Å². The summed E-state index contributed by atoms with van der Waals surface area (Å²) in [5.41, 5.74) is 2.45. The van der Waals surface area contributed by atoms with Crippen LogP contribution < -0.4 is 14.8 Å². The van der Waals surface area contributed by atoms with Gasteiger partial charge in [0.1, 0.15) is 5.01 Å². The first-order valence-corrected chi connectivity index (χ1v) is 10.3. The van der Waals surface area contributed by atoms with Gasteiger partial charge in [0.25, 0.3) is 0 Å². The number of carboxylic acids is 1. The van der Waals surface area contributed by atoms with Crippen molar-refractivity contribution in [2.45, 2.75) is 20.8 Å². The van der Waals surface area contributed by atoms with E-state index in [-0.39, 0.29) is 68.5 Å². The van der Waals surface area contributed by atoms with Crippen molar-refractivity contribution < 1.29 is 24.2 Å². The number of rotatable bonds is 8. The van der Waals surface area contributed by atoms with Crippen molar-refractivity contribution in [1.82, 2.24) is 4.98 Å². The Morgan fingerprint density at radius 3 is 2.35 bits per heavy atom. The van der Waals surface area contributed by atoms with Gasteiger partial charge in [-0.2, -0.15) is 0 Å². The number of benzene rings is 2. The van der Waals surface area contributed by atoms with Crippen LogP contribution in [0.15, 0.2) is 41.8 Å². The summed E-state index contributed by atoms with van der Waals surface area (Å²) in [5.74, 6) is -0.119. The molecule has 0 bridgehead atoms. The van der Waals surface area contributed by atoms with Crippen LogP contribution in [0.4, 0.5) is 5.69 Å². The molecule has 0 saturated carbocycles. The average molecular weight is 467 g/mol. The number of carbonyl (C=O) groups is 2. The molecule has 0 aliphatic heterocycles. The number of nitrogens with zero attached hydrogens (tertiary/aromatic N) is 1. The summed E-state index contributed by atoms with van der Waals surface area (Å²) in [5, 5.41) is 14.7. The zero-order valence-electron chi connectivity index (χ0n) is 16.9. The molecule has 31 heavy (non-hydrogen) atoms. The number of aromatic nitrogens is 1. The molecule has 0 aliphatic carbocycles. The van der Waals surface area contributed by atoms with Crippen LogP contribution in [0.1, 0.15) is 31.1 Å². The number of hydrogen-bond donors (Lipinski definition) is 2. The van der Waals surface area contributed by atoms with Crippen molar-refractivity contribution in [3.05, 3.63) is 47.3 Å². The van der Waals surface area contributed by atoms with E-state index in [9.17, 15) is 14.7 Å². The molecule has 2 N–H and O–H groups in total.